The number of aryl methyl sites for hydroxylation is 1. The molecule has 4 nitrogen and oxygen atoms in total. The zero-order valence-electron chi connectivity index (χ0n) is 14.2. The summed E-state index contributed by atoms with van der Waals surface area (Å²) in [7, 11) is 0. The average Bonchev–Trinajstić information content (AvgIpc) is 3.01. The van der Waals surface area contributed by atoms with Crippen LogP contribution in [0.25, 0.3) is 0 Å². The molecule has 0 radical (unpaired) electrons. The third-order valence-electron chi connectivity index (χ3n) is 4.36. The van der Waals surface area contributed by atoms with Crippen LogP contribution in [0.2, 0.25) is 5.02 Å². The maximum atomic E-state index is 6.30. The molecule has 1 aromatic heterocycles. The quantitative estimate of drug-likeness (QED) is 0.763. The van der Waals surface area contributed by atoms with E-state index in [1.54, 1.807) is 11.3 Å². The van der Waals surface area contributed by atoms with Gasteiger partial charge in [0, 0.05) is 43.8 Å². The Bertz CT molecular complexity index is 637. The molecule has 0 spiro atoms. The fourth-order valence-electron chi connectivity index (χ4n) is 3.05. The molecule has 2 heterocycles. The van der Waals surface area contributed by atoms with Gasteiger partial charge in [0.05, 0.1) is 15.7 Å². The van der Waals surface area contributed by atoms with E-state index in [0.717, 1.165) is 55.8 Å². The van der Waals surface area contributed by atoms with Crippen molar-refractivity contribution in [3.63, 3.8) is 0 Å². The topological polar surface area (TPSA) is 31.4 Å². The summed E-state index contributed by atoms with van der Waals surface area (Å²) in [5.41, 5.74) is 1.17. The Kier molecular flexibility index (Phi) is 6.49. The van der Waals surface area contributed by atoms with Crippen LogP contribution in [-0.2, 0) is 6.54 Å². The van der Waals surface area contributed by atoms with Gasteiger partial charge in [-0.05, 0) is 38.6 Å². The first-order valence-electron chi connectivity index (χ1n) is 8.56. The number of rotatable bonds is 7. The van der Waals surface area contributed by atoms with Crippen LogP contribution < -0.4 is 10.2 Å². The van der Waals surface area contributed by atoms with E-state index in [1.807, 2.05) is 18.3 Å². The summed E-state index contributed by atoms with van der Waals surface area (Å²) in [6.45, 7) is 9.53. The van der Waals surface area contributed by atoms with E-state index in [2.05, 4.69) is 39.2 Å². The highest BCUT2D eigenvalue weighted by atomic mass is 35.5. The summed E-state index contributed by atoms with van der Waals surface area (Å²) in [5.74, 6) is 0. The molecule has 1 aliphatic rings. The standard InChI is InChI=1S/C18H25ClN4S/c1-15-21-14-16(24-15)13-20-7-4-8-22-9-11-23(12-10-22)18-6-3-2-5-17(18)19/h2-3,5-6,14,20H,4,7-13H2,1H3. The Morgan fingerprint density at radius 3 is 2.71 bits per heavy atom. The fraction of sp³-hybridized carbons (Fsp3) is 0.500. The van der Waals surface area contributed by atoms with Crippen molar-refractivity contribution in [3.05, 3.63) is 45.4 Å². The van der Waals surface area contributed by atoms with Gasteiger partial charge in [0.25, 0.3) is 0 Å². The van der Waals surface area contributed by atoms with E-state index >= 15 is 0 Å². The molecule has 6 heteroatoms. The fourth-order valence-corrected chi connectivity index (χ4v) is 4.07. The molecule has 3 rings (SSSR count). The van der Waals surface area contributed by atoms with Gasteiger partial charge in [0.2, 0.25) is 0 Å². The summed E-state index contributed by atoms with van der Waals surface area (Å²) in [6, 6.07) is 8.13. The van der Waals surface area contributed by atoms with E-state index in [1.165, 1.54) is 17.0 Å². The number of nitrogens with zero attached hydrogens (tertiary/aromatic N) is 3. The van der Waals surface area contributed by atoms with E-state index in [9.17, 15) is 0 Å². The minimum atomic E-state index is 0.855. The Morgan fingerprint density at radius 1 is 1.21 bits per heavy atom. The van der Waals surface area contributed by atoms with Gasteiger partial charge in [-0.2, -0.15) is 0 Å². The second-order valence-corrected chi connectivity index (χ2v) is 7.88. The van der Waals surface area contributed by atoms with Gasteiger partial charge in [-0.25, -0.2) is 4.98 Å². The Balaban J connectivity index is 1.32. The van der Waals surface area contributed by atoms with Crippen LogP contribution in [0.3, 0.4) is 0 Å². The molecule has 1 saturated heterocycles. The Labute approximate surface area is 153 Å². The lowest BCUT2D eigenvalue weighted by atomic mass is 10.2. The predicted molar refractivity (Wildman–Crippen MR) is 103 cm³/mol. The molecule has 0 saturated carbocycles. The molecular formula is C18H25ClN4S. The highest BCUT2D eigenvalue weighted by Gasteiger charge is 2.18. The number of halogens is 1. The van der Waals surface area contributed by atoms with Crippen molar-refractivity contribution in [3.8, 4) is 0 Å². The first kappa shape index (κ1) is 17.7. The number of nitrogens with one attached hydrogen (secondary N) is 1. The van der Waals surface area contributed by atoms with Gasteiger partial charge in [-0.3, -0.25) is 4.90 Å². The first-order valence-corrected chi connectivity index (χ1v) is 9.75. The van der Waals surface area contributed by atoms with Gasteiger partial charge in [-0.1, -0.05) is 23.7 Å². The lowest BCUT2D eigenvalue weighted by Crippen LogP contribution is -2.47. The zero-order chi connectivity index (χ0) is 16.8. The minimum Gasteiger partial charge on any atom is -0.368 e. The van der Waals surface area contributed by atoms with Crippen LogP contribution in [0, 0.1) is 6.92 Å². The number of piperazine rings is 1. The summed E-state index contributed by atoms with van der Waals surface area (Å²) in [6.07, 6.45) is 3.16. The van der Waals surface area contributed by atoms with E-state index in [-0.39, 0.29) is 0 Å². The summed E-state index contributed by atoms with van der Waals surface area (Å²) >= 11 is 8.07. The number of aromatic nitrogens is 1. The molecule has 130 valence electrons. The molecular weight excluding hydrogens is 340 g/mol. The van der Waals surface area contributed by atoms with Crippen LogP contribution in [0.15, 0.2) is 30.5 Å². The molecule has 24 heavy (non-hydrogen) atoms. The maximum Gasteiger partial charge on any atom is 0.0897 e. The largest absolute Gasteiger partial charge is 0.368 e. The summed E-state index contributed by atoms with van der Waals surface area (Å²) in [5, 5.41) is 5.51. The highest BCUT2D eigenvalue weighted by Crippen LogP contribution is 2.25. The highest BCUT2D eigenvalue weighted by molar-refractivity contribution is 7.11. The number of hydrogen-bond acceptors (Lipinski definition) is 5. The van der Waals surface area contributed by atoms with Crippen molar-refractivity contribution >= 4 is 28.6 Å². The van der Waals surface area contributed by atoms with Crippen LogP contribution in [0.1, 0.15) is 16.3 Å². The summed E-state index contributed by atoms with van der Waals surface area (Å²) < 4.78 is 0. The van der Waals surface area contributed by atoms with Crippen molar-refractivity contribution in [2.24, 2.45) is 0 Å². The number of para-hydroxylation sites is 1. The van der Waals surface area contributed by atoms with E-state index in [4.69, 9.17) is 11.6 Å². The Hall–Kier alpha value is -1.14. The van der Waals surface area contributed by atoms with Crippen molar-refractivity contribution in [1.29, 1.82) is 0 Å². The zero-order valence-corrected chi connectivity index (χ0v) is 15.7. The number of benzene rings is 1. The van der Waals surface area contributed by atoms with Crippen LogP contribution in [-0.4, -0.2) is 49.2 Å². The molecule has 1 fully saturated rings. The minimum absolute atomic E-state index is 0.855. The molecule has 0 amide bonds. The second kappa shape index (κ2) is 8.81. The SMILES string of the molecule is Cc1ncc(CNCCCN2CCN(c3ccccc3Cl)CC2)s1. The maximum absolute atomic E-state index is 6.30. The molecule has 0 bridgehead atoms. The molecule has 1 N–H and O–H groups in total. The van der Waals surface area contributed by atoms with E-state index in [0.29, 0.717) is 0 Å². The summed E-state index contributed by atoms with van der Waals surface area (Å²) in [4.78, 5) is 10.5. The molecule has 0 aliphatic carbocycles. The van der Waals surface area contributed by atoms with Crippen molar-refractivity contribution in [2.75, 3.05) is 44.2 Å². The van der Waals surface area contributed by atoms with E-state index < -0.39 is 0 Å². The monoisotopic (exact) mass is 364 g/mol. The molecule has 1 aliphatic heterocycles. The smallest absolute Gasteiger partial charge is 0.0897 e. The molecule has 0 unspecified atom stereocenters. The average molecular weight is 365 g/mol. The van der Waals surface area contributed by atoms with Gasteiger partial charge in [0.15, 0.2) is 0 Å². The number of thiazole rings is 1. The van der Waals surface area contributed by atoms with Crippen molar-refractivity contribution < 1.29 is 0 Å². The van der Waals surface area contributed by atoms with Crippen LogP contribution in [0.4, 0.5) is 5.69 Å². The van der Waals surface area contributed by atoms with Gasteiger partial charge >= 0.3 is 0 Å². The van der Waals surface area contributed by atoms with Crippen molar-refractivity contribution in [1.82, 2.24) is 15.2 Å². The van der Waals surface area contributed by atoms with Crippen molar-refractivity contribution in [2.45, 2.75) is 19.9 Å². The number of anilines is 1. The lowest BCUT2D eigenvalue weighted by molar-refractivity contribution is 0.254. The second-order valence-electron chi connectivity index (χ2n) is 6.16. The van der Waals surface area contributed by atoms with Gasteiger partial charge < -0.3 is 10.2 Å². The normalized spacial score (nSPS) is 15.8. The van der Waals surface area contributed by atoms with Crippen LogP contribution in [0.5, 0.6) is 0 Å². The first-order chi connectivity index (χ1) is 11.7. The van der Waals surface area contributed by atoms with Gasteiger partial charge in [-0.15, -0.1) is 11.3 Å². The molecule has 1 aromatic carbocycles. The third kappa shape index (κ3) is 4.93. The lowest BCUT2D eigenvalue weighted by Gasteiger charge is -2.36. The number of hydrogen-bond donors (Lipinski definition) is 1. The van der Waals surface area contributed by atoms with Crippen LogP contribution >= 0.6 is 22.9 Å². The molecule has 2 aromatic rings. The van der Waals surface area contributed by atoms with Gasteiger partial charge in [0.1, 0.15) is 0 Å². The predicted octanol–water partition coefficient (Wildman–Crippen LogP) is 3.41. The molecule has 0 atom stereocenters. The Morgan fingerprint density at radius 2 is 2.00 bits per heavy atom. The third-order valence-corrected chi connectivity index (χ3v) is 5.59.